The van der Waals surface area contributed by atoms with Crippen LogP contribution >= 0.6 is 0 Å². The average molecular weight is 205 g/mol. The maximum atomic E-state index is 12.2. The van der Waals surface area contributed by atoms with Gasteiger partial charge in [-0.25, -0.2) is 5.90 Å². The van der Waals surface area contributed by atoms with Crippen molar-refractivity contribution in [2.45, 2.75) is 19.7 Å². The summed E-state index contributed by atoms with van der Waals surface area (Å²) >= 11 is 0. The Balaban J connectivity index is 3.01. The van der Waals surface area contributed by atoms with Gasteiger partial charge in [0.2, 0.25) is 0 Å². The molecular weight excluding hydrogens is 195 g/mol. The molecule has 0 aliphatic heterocycles. The molecule has 0 saturated heterocycles. The van der Waals surface area contributed by atoms with E-state index >= 15 is 0 Å². The number of hydrogen-bond acceptors (Lipinski definition) is 2. The third kappa shape index (κ3) is 2.46. The highest BCUT2D eigenvalue weighted by Gasteiger charge is 2.30. The van der Waals surface area contributed by atoms with Crippen molar-refractivity contribution in [3.8, 4) is 0 Å². The van der Waals surface area contributed by atoms with Gasteiger partial charge in [0.25, 0.3) is 0 Å². The van der Waals surface area contributed by atoms with Crippen LogP contribution < -0.4 is 5.90 Å². The molecule has 0 unspecified atom stereocenters. The molecule has 2 nitrogen and oxygen atoms in total. The van der Waals surface area contributed by atoms with Crippen molar-refractivity contribution >= 4 is 0 Å². The van der Waals surface area contributed by atoms with Gasteiger partial charge >= 0.3 is 6.18 Å². The minimum atomic E-state index is -4.30. The molecular formula is C9H10F3NO. The standard InChI is InChI=1S/C9H10F3NO/c1-6-4-8(9(10,11)12)3-2-7(6)5-14-13/h2-4H,5,13H2,1H3. The molecule has 0 heterocycles. The van der Waals surface area contributed by atoms with Gasteiger partial charge in [-0.2, -0.15) is 13.2 Å². The van der Waals surface area contributed by atoms with Gasteiger partial charge in [-0.3, -0.25) is 4.84 Å². The molecule has 0 aliphatic rings. The number of halogens is 3. The second-order valence-electron chi connectivity index (χ2n) is 2.95. The van der Waals surface area contributed by atoms with Crippen LogP contribution in [0.25, 0.3) is 0 Å². The summed E-state index contributed by atoms with van der Waals surface area (Å²) in [6.45, 7) is 1.70. The zero-order chi connectivity index (χ0) is 10.8. The number of rotatable bonds is 2. The second kappa shape index (κ2) is 3.98. The fourth-order valence-corrected chi connectivity index (χ4v) is 1.12. The molecule has 14 heavy (non-hydrogen) atoms. The molecule has 0 fully saturated rings. The molecule has 0 amide bonds. The topological polar surface area (TPSA) is 35.2 Å². The van der Waals surface area contributed by atoms with Crippen LogP contribution in [0.4, 0.5) is 13.2 Å². The van der Waals surface area contributed by atoms with Crippen molar-refractivity contribution in [3.63, 3.8) is 0 Å². The zero-order valence-electron chi connectivity index (χ0n) is 7.56. The van der Waals surface area contributed by atoms with Crippen LogP contribution in [0.2, 0.25) is 0 Å². The summed E-state index contributed by atoms with van der Waals surface area (Å²) in [5.41, 5.74) is 0.515. The minimum absolute atomic E-state index is 0.115. The zero-order valence-corrected chi connectivity index (χ0v) is 7.56. The van der Waals surface area contributed by atoms with Gasteiger partial charge in [0.15, 0.2) is 0 Å². The molecule has 1 aromatic rings. The lowest BCUT2D eigenvalue weighted by Gasteiger charge is -2.10. The van der Waals surface area contributed by atoms with E-state index in [1.165, 1.54) is 6.07 Å². The quantitative estimate of drug-likeness (QED) is 0.752. The molecule has 1 aromatic carbocycles. The van der Waals surface area contributed by atoms with E-state index in [-0.39, 0.29) is 6.61 Å². The lowest BCUT2D eigenvalue weighted by Crippen LogP contribution is -2.07. The van der Waals surface area contributed by atoms with Gasteiger partial charge in [-0.05, 0) is 30.2 Å². The van der Waals surface area contributed by atoms with E-state index in [2.05, 4.69) is 4.84 Å². The Bertz CT molecular complexity index is 322. The number of hydrogen-bond donors (Lipinski definition) is 1. The lowest BCUT2D eigenvalue weighted by molar-refractivity contribution is -0.137. The van der Waals surface area contributed by atoms with Gasteiger partial charge in [0, 0.05) is 0 Å². The third-order valence-electron chi connectivity index (χ3n) is 1.91. The molecule has 0 spiro atoms. The fraction of sp³-hybridized carbons (Fsp3) is 0.333. The normalized spacial score (nSPS) is 11.8. The molecule has 5 heteroatoms. The Morgan fingerprint density at radius 2 is 2.00 bits per heavy atom. The smallest absolute Gasteiger partial charge is 0.300 e. The Kier molecular flexibility index (Phi) is 3.13. The van der Waals surface area contributed by atoms with E-state index < -0.39 is 11.7 Å². The molecule has 0 bridgehead atoms. The molecule has 78 valence electrons. The van der Waals surface area contributed by atoms with Crippen molar-refractivity contribution in [1.29, 1.82) is 0 Å². The monoisotopic (exact) mass is 205 g/mol. The second-order valence-corrected chi connectivity index (χ2v) is 2.95. The van der Waals surface area contributed by atoms with E-state index in [1.54, 1.807) is 6.92 Å². The van der Waals surface area contributed by atoms with Crippen LogP contribution in [0.15, 0.2) is 18.2 Å². The van der Waals surface area contributed by atoms with E-state index in [0.717, 1.165) is 12.1 Å². The Morgan fingerprint density at radius 3 is 2.43 bits per heavy atom. The van der Waals surface area contributed by atoms with Crippen LogP contribution in [0, 0.1) is 6.92 Å². The number of benzene rings is 1. The predicted molar refractivity (Wildman–Crippen MR) is 45.2 cm³/mol. The summed E-state index contributed by atoms with van der Waals surface area (Å²) in [7, 11) is 0. The van der Waals surface area contributed by atoms with Gasteiger partial charge in [-0.1, -0.05) is 6.07 Å². The van der Waals surface area contributed by atoms with E-state index in [4.69, 9.17) is 5.90 Å². The van der Waals surface area contributed by atoms with Crippen LogP contribution in [0.1, 0.15) is 16.7 Å². The average Bonchev–Trinajstić information content (AvgIpc) is 2.07. The maximum absolute atomic E-state index is 12.2. The first-order valence-electron chi connectivity index (χ1n) is 3.93. The van der Waals surface area contributed by atoms with Crippen LogP contribution in [-0.2, 0) is 17.6 Å². The SMILES string of the molecule is Cc1cc(C(F)(F)F)ccc1CON. The Morgan fingerprint density at radius 1 is 1.36 bits per heavy atom. The fourth-order valence-electron chi connectivity index (χ4n) is 1.12. The first-order valence-corrected chi connectivity index (χ1v) is 3.93. The summed E-state index contributed by atoms with van der Waals surface area (Å²) in [5.74, 6) is 4.83. The molecule has 1 rings (SSSR count). The highest BCUT2D eigenvalue weighted by atomic mass is 19.4. The van der Waals surface area contributed by atoms with E-state index in [1.807, 2.05) is 0 Å². The largest absolute Gasteiger partial charge is 0.416 e. The minimum Gasteiger partial charge on any atom is -0.300 e. The Hall–Kier alpha value is -1.07. The summed E-state index contributed by atoms with van der Waals surface area (Å²) in [6.07, 6.45) is -4.30. The van der Waals surface area contributed by atoms with Gasteiger partial charge in [0.1, 0.15) is 0 Å². The number of nitrogens with two attached hydrogens (primary N) is 1. The van der Waals surface area contributed by atoms with Crippen molar-refractivity contribution in [2.75, 3.05) is 0 Å². The van der Waals surface area contributed by atoms with Crippen LogP contribution in [0.5, 0.6) is 0 Å². The van der Waals surface area contributed by atoms with Crippen LogP contribution in [0.3, 0.4) is 0 Å². The molecule has 0 aromatic heterocycles. The summed E-state index contributed by atoms with van der Waals surface area (Å²) < 4.78 is 36.7. The van der Waals surface area contributed by atoms with E-state index in [9.17, 15) is 13.2 Å². The lowest BCUT2D eigenvalue weighted by atomic mass is 10.1. The highest BCUT2D eigenvalue weighted by molar-refractivity contribution is 5.32. The molecule has 0 atom stereocenters. The van der Waals surface area contributed by atoms with Crippen LogP contribution in [-0.4, -0.2) is 0 Å². The van der Waals surface area contributed by atoms with Gasteiger partial charge in [0.05, 0.1) is 12.2 Å². The predicted octanol–water partition coefficient (Wildman–Crippen LogP) is 2.40. The highest BCUT2D eigenvalue weighted by Crippen LogP contribution is 2.30. The number of aryl methyl sites for hydroxylation is 1. The summed E-state index contributed by atoms with van der Waals surface area (Å²) in [6, 6.07) is 3.46. The molecule has 0 aliphatic carbocycles. The van der Waals surface area contributed by atoms with E-state index in [0.29, 0.717) is 11.1 Å². The van der Waals surface area contributed by atoms with Crippen molar-refractivity contribution in [3.05, 3.63) is 34.9 Å². The first-order chi connectivity index (χ1) is 6.45. The summed E-state index contributed by atoms with van der Waals surface area (Å²) in [4.78, 5) is 4.35. The molecule has 2 N–H and O–H groups in total. The summed E-state index contributed by atoms with van der Waals surface area (Å²) in [5, 5.41) is 0. The van der Waals surface area contributed by atoms with Gasteiger partial charge in [-0.15, -0.1) is 0 Å². The molecule has 0 radical (unpaired) electrons. The van der Waals surface area contributed by atoms with Gasteiger partial charge < -0.3 is 0 Å². The Labute approximate surface area is 79.4 Å². The van der Waals surface area contributed by atoms with Crippen molar-refractivity contribution < 1.29 is 18.0 Å². The number of alkyl halides is 3. The van der Waals surface area contributed by atoms with Crippen molar-refractivity contribution in [2.24, 2.45) is 5.90 Å². The van der Waals surface area contributed by atoms with Crippen molar-refractivity contribution in [1.82, 2.24) is 0 Å². The maximum Gasteiger partial charge on any atom is 0.416 e. The third-order valence-corrected chi connectivity index (χ3v) is 1.91. The first kappa shape index (κ1) is 11.0. The molecule has 0 saturated carbocycles.